The predicted octanol–water partition coefficient (Wildman–Crippen LogP) is 2.79. The summed E-state index contributed by atoms with van der Waals surface area (Å²) < 4.78 is 0. The van der Waals surface area contributed by atoms with E-state index in [4.69, 9.17) is 0 Å². The molecule has 4 rings (SSSR count). The second-order valence-corrected chi connectivity index (χ2v) is 7.52. The van der Waals surface area contributed by atoms with Crippen molar-refractivity contribution in [3.63, 3.8) is 0 Å². The minimum atomic E-state index is 0.0246. The van der Waals surface area contributed by atoms with Crippen molar-refractivity contribution in [1.29, 1.82) is 0 Å². The fourth-order valence-electron chi connectivity index (χ4n) is 4.23. The zero-order valence-corrected chi connectivity index (χ0v) is 14.2. The Morgan fingerprint density at radius 1 is 0.958 bits per heavy atom. The van der Waals surface area contributed by atoms with Crippen molar-refractivity contribution in [3.8, 4) is 0 Å². The van der Waals surface area contributed by atoms with Crippen molar-refractivity contribution < 1.29 is 9.59 Å². The SMILES string of the molecule is O=C([C@@H]1CCC(=O)N(C2CC2)C1)N1CCC(c2ccccc2)CC1. The number of carbonyl (C=O) groups is 2. The number of carbonyl (C=O) groups excluding carboxylic acids is 2. The summed E-state index contributed by atoms with van der Waals surface area (Å²) in [6, 6.07) is 11.1. The van der Waals surface area contributed by atoms with E-state index in [0.717, 1.165) is 45.2 Å². The third-order valence-electron chi connectivity index (χ3n) is 5.86. The maximum Gasteiger partial charge on any atom is 0.227 e. The lowest BCUT2D eigenvalue weighted by Crippen LogP contribution is -2.49. The summed E-state index contributed by atoms with van der Waals surface area (Å²) in [4.78, 5) is 28.9. The molecule has 1 aliphatic carbocycles. The number of amides is 2. The van der Waals surface area contributed by atoms with Crippen LogP contribution < -0.4 is 0 Å². The first-order valence-electron chi connectivity index (χ1n) is 9.35. The number of likely N-dealkylation sites (tertiary alicyclic amines) is 2. The number of hydrogen-bond acceptors (Lipinski definition) is 2. The molecule has 0 N–H and O–H groups in total. The lowest BCUT2D eigenvalue weighted by Gasteiger charge is -2.38. The van der Waals surface area contributed by atoms with Crippen LogP contribution in [0.25, 0.3) is 0 Å². The van der Waals surface area contributed by atoms with E-state index < -0.39 is 0 Å². The van der Waals surface area contributed by atoms with Gasteiger partial charge in [0.05, 0.1) is 5.92 Å². The molecule has 0 bridgehead atoms. The van der Waals surface area contributed by atoms with Crippen LogP contribution in [-0.4, -0.2) is 47.3 Å². The van der Waals surface area contributed by atoms with Gasteiger partial charge < -0.3 is 9.80 Å². The molecule has 2 aliphatic heterocycles. The highest BCUT2D eigenvalue weighted by molar-refractivity contribution is 5.84. The summed E-state index contributed by atoms with van der Waals surface area (Å²) in [5.41, 5.74) is 1.40. The zero-order valence-electron chi connectivity index (χ0n) is 14.2. The number of hydrogen-bond donors (Lipinski definition) is 0. The summed E-state index contributed by atoms with van der Waals surface area (Å²) in [6.07, 6.45) is 5.62. The average molecular weight is 326 g/mol. The molecular formula is C20H26N2O2. The van der Waals surface area contributed by atoms with Crippen molar-refractivity contribution in [2.45, 2.75) is 50.5 Å². The Bertz CT molecular complexity index is 603. The molecule has 2 amide bonds. The normalized spacial score (nSPS) is 25.8. The van der Waals surface area contributed by atoms with Gasteiger partial charge in [-0.15, -0.1) is 0 Å². The van der Waals surface area contributed by atoms with Crippen molar-refractivity contribution in [3.05, 3.63) is 35.9 Å². The molecule has 4 nitrogen and oxygen atoms in total. The predicted molar refractivity (Wildman–Crippen MR) is 92.5 cm³/mol. The second-order valence-electron chi connectivity index (χ2n) is 7.52. The summed E-state index contributed by atoms with van der Waals surface area (Å²) in [6.45, 7) is 2.36. The molecule has 0 radical (unpaired) electrons. The highest BCUT2D eigenvalue weighted by Gasteiger charge is 2.40. The third kappa shape index (κ3) is 3.19. The molecule has 2 saturated heterocycles. The number of benzene rings is 1. The van der Waals surface area contributed by atoms with Crippen LogP contribution in [0, 0.1) is 5.92 Å². The minimum Gasteiger partial charge on any atom is -0.342 e. The third-order valence-corrected chi connectivity index (χ3v) is 5.86. The molecule has 3 fully saturated rings. The first kappa shape index (κ1) is 15.7. The van der Waals surface area contributed by atoms with Crippen LogP contribution in [0.2, 0.25) is 0 Å². The molecule has 0 aromatic heterocycles. The molecule has 0 spiro atoms. The molecular weight excluding hydrogens is 300 g/mol. The van der Waals surface area contributed by atoms with Gasteiger partial charge in [-0.2, -0.15) is 0 Å². The van der Waals surface area contributed by atoms with Crippen molar-refractivity contribution in [2.24, 2.45) is 5.92 Å². The Morgan fingerprint density at radius 3 is 2.33 bits per heavy atom. The van der Waals surface area contributed by atoms with Gasteiger partial charge >= 0.3 is 0 Å². The number of nitrogens with zero attached hydrogens (tertiary/aromatic N) is 2. The molecule has 3 aliphatic rings. The minimum absolute atomic E-state index is 0.0246. The van der Waals surface area contributed by atoms with Gasteiger partial charge in [0, 0.05) is 32.1 Å². The summed E-state index contributed by atoms with van der Waals surface area (Å²) >= 11 is 0. The number of piperidine rings is 2. The van der Waals surface area contributed by atoms with Crippen LogP contribution in [0.1, 0.15) is 50.0 Å². The average Bonchev–Trinajstić information content (AvgIpc) is 3.47. The molecule has 1 atom stereocenters. The van der Waals surface area contributed by atoms with Gasteiger partial charge in [-0.25, -0.2) is 0 Å². The summed E-state index contributed by atoms with van der Waals surface area (Å²) in [5, 5.41) is 0. The van der Waals surface area contributed by atoms with Gasteiger partial charge in [-0.05, 0) is 43.6 Å². The van der Waals surface area contributed by atoms with Gasteiger partial charge in [0.25, 0.3) is 0 Å². The Balaban J connectivity index is 1.33. The van der Waals surface area contributed by atoms with E-state index in [2.05, 4.69) is 30.3 Å². The van der Waals surface area contributed by atoms with E-state index in [1.807, 2.05) is 9.80 Å². The van der Waals surface area contributed by atoms with Crippen LogP contribution in [0.3, 0.4) is 0 Å². The van der Waals surface area contributed by atoms with Gasteiger partial charge in [-0.1, -0.05) is 30.3 Å². The van der Waals surface area contributed by atoms with Crippen LogP contribution >= 0.6 is 0 Å². The van der Waals surface area contributed by atoms with Gasteiger partial charge in [0.2, 0.25) is 11.8 Å². The number of rotatable bonds is 3. The van der Waals surface area contributed by atoms with Crippen molar-refractivity contribution in [2.75, 3.05) is 19.6 Å². The van der Waals surface area contributed by atoms with Crippen LogP contribution in [0.15, 0.2) is 30.3 Å². The Labute approximate surface area is 143 Å². The van der Waals surface area contributed by atoms with E-state index in [9.17, 15) is 9.59 Å². The maximum absolute atomic E-state index is 12.9. The molecule has 2 heterocycles. The standard InChI is InChI=1S/C20H26N2O2/c23-19-9-6-17(14-22(19)18-7-8-18)20(24)21-12-10-16(11-13-21)15-4-2-1-3-5-15/h1-5,16-18H,6-14H2/t17-/m1/s1. The van der Waals surface area contributed by atoms with Crippen LogP contribution in [0.4, 0.5) is 0 Å². The molecule has 0 unspecified atom stereocenters. The Hall–Kier alpha value is -1.84. The van der Waals surface area contributed by atoms with E-state index in [-0.39, 0.29) is 17.7 Å². The van der Waals surface area contributed by atoms with Gasteiger partial charge in [0.1, 0.15) is 0 Å². The first-order chi connectivity index (χ1) is 11.7. The maximum atomic E-state index is 12.9. The summed E-state index contributed by atoms with van der Waals surface area (Å²) in [5.74, 6) is 1.13. The van der Waals surface area contributed by atoms with Crippen LogP contribution in [-0.2, 0) is 9.59 Å². The fraction of sp³-hybridized carbons (Fsp3) is 0.600. The van der Waals surface area contributed by atoms with E-state index in [0.29, 0.717) is 24.9 Å². The lowest BCUT2D eigenvalue weighted by atomic mass is 9.88. The van der Waals surface area contributed by atoms with Crippen LogP contribution in [0.5, 0.6) is 0 Å². The Morgan fingerprint density at radius 2 is 1.67 bits per heavy atom. The smallest absolute Gasteiger partial charge is 0.227 e. The molecule has 1 aromatic carbocycles. The molecule has 1 saturated carbocycles. The zero-order chi connectivity index (χ0) is 16.5. The Kier molecular flexibility index (Phi) is 4.30. The first-order valence-corrected chi connectivity index (χ1v) is 9.35. The van der Waals surface area contributed by atoms with Gasteiger partial charge in [-0.3, -0.25) is 9.59 Å². The lowest BCUT2D eigenvalue weighted by molar-refractivity contribution is -0.144. The topological polar surface area (TPSA) is 40.6 Å². The second kappa shape index (κ2) is 6.58. The highest BCUT2D eigenvalue weighted by atomic mass is 16.2. The van der Waals surface area contributed by atoms with Crippen molar-refractivity contribution >= 4 is 11.8 Å². The van der Waals surface area contributed by atoms with E-state index >= 15 is 0 Å². The molecule has 24 heavy (non-hydrogen) atoms. The van der Waals surface area contributed by atoms with E-state index in [1.54, 1.807) is 0 Å². The molecule has 1 aromatic rings. The fourth-order valence-corrected chi connectivity index (χ4v) is 4.23. The molecule has 4 heteroatoms. The van der Waals surface area contributed by atoms with Gasteiger partial charge in [0.15, 0.2) is 0 Å². The summed E-state index contributed by atoms with van der Waals surface area (Å²) in [7, 11) is 0. The monoisotopic (exact) mass is 326 g/mol. The van der Waals surface area contributed by atoms with E-state index in [1.165, 1.54) is 5.56 Å². The highest BCUT2D eigenvalue weighted by Crippen LogP contribution is 2.33. The largest absolute Gasteiger partial charge is 0.342 e. The van der Waals surface area contributed by atoms with Crippen molar-refractivity contribution in [1.82, 2.24) is 9.80 Å². The quantitative estimate of drug-likeness (QED) is 0.857. The molecule has 128 valence electrons.